The van der Waals surface area contributed by atoms with Crippen molar-refractivity contribution >= 4 is 11.6 Å². The Labute approximate surface area is 102 Å². The number of anilines is 1. The number of benzene rings is 1. The van der Waals surface area contributed by atoms with Gasteiger partial charge in [-0.05, 0) is 31.5 Å². The van der Waals surface area contributed by atoms with Crippen LogP contribution in [0.25, 0.3) is 0 Å². The van der Waals surface area contributed by atoms with Crippen molar-refractivity contribution in [3.8, 4) is 5.75 Å². The fourth-order valence-corrected chi connectivity index (χ4v) is 1.46. The minimum Gasteiger partial charge on any atom is -0.492 e. The summed E-state index contributed by atoms with van der Waals surface area (Å²) in [5, 5.41) is 2.84. The first kappa shape index (κ1) is 13.4. The summed E-state index contributed by atoms with van der Waals surface area (Å²) in [7, 11) is 0. The van der Waals surface area contributed by atoms with E-state index in [0.717, 1.165) is 12.8 Å². The van der Waals surface area contributed by atoms with E-state index < -0.39 is 0 Å². The number of hydrogen-bond acceptors (Lipinski definition) is 3. The van der Waals surface area contributed by atoms with Crippen LogP contribution in [0.1, 0.15) is 37.0 Å². The monoisotopic (exact) mass is 236 g/mol. The molecule has 0 aliphatic rings. The minimum absolute atomic E-state index is 0.0896. The molecule has 0 fully saturated rings. The SMILES string of the molecule is CCCCNC(=O)c1ccc(OCC)c(N)c1. The third kappa shape index (κ3) is 3.98. The predicted octanol–water partition coefficient (Wildman–Crippen LogP) is 2.20. The molecule has 0 radical (unpaired) electrons. The largest absolute Gasteiger partial charge is 0.492 e. The lowest BCUT2D eigenvalue weighted by molar-refractivity contribution is 0.0953. The normalized spacial score (nSPS) is 10.0. The van der Waals surface area contributed by atoms with Gasteiger partial charge in [0.1, 0.15) is 5.75 Å². The molecule has 0 aliphatic heterocycles. The average Bonchev–Trinajstić information content (AvgIpc) is 2.32. The maximum atomic E-state index is 11.7. The number of carbonyl (C=O) groups is 1. The van der Waals surface area contributed by atoms with Crippen LogP contribution in [0, 0.1) is 0 Å². The maximum absolute atomic E-state index is 11.7. The van der Waals surface area contributed by atoms with Gasteiger partial charge in [0.25, 0.3) is 5.91 Å². The number of ether oxygens (including phenoxy) is 1. The number of nitrogen functional groups attached to an aromatic ring is 1. The van der Waals surface area contributed by atoms with E-state index >= 15 is 0 Å². The first-order chi connectivity index (χ1) is 8.19. The number of hydrogen-bond donors (Lipinski definition) is 2. The van der Waals surface area contributed by atoms with Crippen molar-refractivity contribution in [1.82, 2.24) is 5.32 Å². The summed E-state index contributed by atoms with van der Waals surface area (Å²) in [6.07, 6.45) is 2.05. The Bertz CT molecular complexity index is 378. The van der Waals surface area contributed by atoms with Crippen molar-refractivity contribution in [2.45, 2.75) is 26.7 Å². The van der Waals surface area contributed by atoms with Gasteiger partial charge in [-0.25, -0.2) is 0 Å². The molecule has 0 spiro atoms. The van der Waals surface area contributed by atoms with Crippen LogP contribution >= 0.6 is 0 Å². The summed E-state index contributed by atoms with van der Waals surface area (Å²) in [5.41, 5.74) is 6.86. The summed E-state index contributed by atoms with van der Waals surface area (Å²) in [5.74, 6) is 0.533. The van der Waals surface area contributed by atoms with Gasteiger partial charge in [0.2, 0.25) is 0 Å². The van der Waals surface area contributed by atoms with E-state index in [4.69, 9.17) is 10.5 Å². The van der Waals surface area contributed by atoms with Gasteiger partial charge in [0.15, 0.2) is 0 Å². The maximum Gasteiger partial charge on any atom is 0.251 e. The fourth-order valence-electron chi connectivity index (χ4n) is 1.46. The quantitative estimate of drug-likeness (QED) is 0.588. The molecular formula is C13H20N2O2. The lowest BCUT2D eigenvalue weighted by Crippen LogP contribution is -2.24. The van der Waals surface area contributed by atoms with Crippen LogP contribution in [0.4, 0.5) is 5.69 Å². The molecule has 4 heteroatoms. The van der Waals surface area contributed by atoms with Crippen LogP contribution in [0.5, 0.6) is 5.75 Å². The Balaban J connectivity index is 2.65. The Morgan fingerprint density at radius 1 is 1.41 bits per heavy atom. The van der Waals surface area contributed by atoms with E-state index in [-0.39, 0.29) is 5.91 Å². The highest BCUT2D eigenvalue weighted by molar-refractivity contribution is 5.95. The zero-order valence-electron chi connectivity index (χ0n) is 10.5. The Hall–Kier alpha value is -1.71. The first-order valence-corrected chi connectivity index (χ1v) is 5.99. The third-order valence-electron chi connectivity index (χ3n) is 2.39. The van der Waals surface area contributed by atoms with Gasteiger partial charge in [-0.1, -0.05) is 13.3 Å². The summed E-state index contributed by atoms with van der Waals surface area (Å²) >= 11 is 0. The fraction of sp³-hybridized carbons (Fsp3) is 0.462. The second kappa shape index (κ2) is 6.78. The second-order valence-corrected chi connectivity index (χ2v) is 3.80. The van der Waals surface area contributed by atoms with Crippen molar-refractivity contribution < 1.29 is 9.53 Å². The number of rotatable bonds is 6. The molecule has 0 unspecified atom stereocenters. The van der Waals surface area contributed by atoms with Crippen molar-refractivity contribution in [3.05, 3.63) is 23.8 Å². The standard InChI is InChI=1S/C13H20N2O2/c1-3-5-8-15-13(16)10-6-7-12(17-4-2)11(14)9-10/h6-7,9H,3-5,8,14H2,1-2H3,(H,15,16). The first-order valence-electron chi connectivity index (χ1n) is 5.99. The zero-order valence-corrected chi connectivity index (χ0v) is 10.5. The second-order valence-electron chi connectivity index (χ2n) is 3.80. The molecule has 1 aromatic carbocycles. The zero-order chi connectivity index (χ0) is 12.7. The van der Waals surface area contributed by atoms with Gasteiger partial charge < -0.3 is 15.8 Å². The van der Waals surface area contributed by atoms with Gasteiger partial charge in [-0.2, -0.15) is 0 Å². The molecule has 4 nitrogen and oxygen atoms in total. The van der Waals surface area contributed by atoms with E-state index in [9.17, 15) is 4.79 Å². The Morgan fingerprint density at radius 3 is 2.76 bits per heavy atom. The summed E-state index contributed by atoms with van der Waals surface area (Å²) < 4.78 is 5.31. The molecule has 0 saturated carbocycles. The number of unbranched alkanes of at least 4 members (excludes halogenated alkanes) is 1. The van der Waals surface area contributed by atoms with E-state index in [2.05, 4.69) is 12.2 Å². The highest BCUT2D eigenvalue weighted by Gasteiger charge is 2.07. The lowest BCUT2D eigenvalue weighted by Gasteiger charge is -2.09. The van der Waals surface area contributed by atoms with E-state index in [1.54, 1.807) is 18.2 Å². The van der Waals surface area contributed by atoms with Crippen LogP contribution in [-0.4, -0.2) is 19.1 Å². The molecule has 1 rings (SSSR count). The van der Waals surface area contributed by atoms with Crippen molar-refractivity contribution in [2.24, 2.45) is 0 Å². The molecule has 0 aromatic heterocycles. The number of nitrogens with one attached hydrogen (secondary N) is 1. The van der Waals surface area contributed by atoms with Gasteiger partial charge in [-0.3, -0.25) is 4.79 Å². The van der Waals surface area contributed by atoms with E-state index in [0.29, 0.717) is 30.2 Å². The molecule has 0 heterocycles. The lowest BCUT2D eigenvalue weighted by atomic mass is 10.1. The highest BCUT2D eigenvalue weighted by atomic mass is 16.5. The Kier molecular flexibility index (Phi) is 5.33. The third-order valence-corrected chi connectivity index (χ3v) is 2.39. The van der Waals surface area contributed by atoms with Crippen LogP contribution in [0.15, 0.2) is 18.2 Å². The molecular weight excluding hydrogens is 216 g/mol. The van der Waals surface area contributed by atoms with E-state index in [1.165, 1.54) is 0 Å². The van der Waals surface area contributed by atoms with Crippen molar-refractivity contribution in [3.63, 3.8) is 0 Å². The van der Waals surface area contributed by atoms with Crippen LogP contribution in [-0.2, 0) is 0 Å². The number of carbonyl (C=O) groups excluding carboxylic acids is 1. The van der Waals surface area contributed by atoms with Crippen molar-refractivity contribution in [2.75, 3.05) is 18.9 Å². The number of amides is 1. The highest BCUT2D eigenvalue weighted by Crippen LogP contribution is 2.22. The van der Waals surface area contributed by atoms with Gasteiger partial charge >= 0.3 is 0 Å². The summed E-state index contributed by atoms with van der Waals surface area (Å²) in [6, 6.07) is 5.10. The molecule has 0 bridgehead atoms. The summed E-state index contributed by atoms with van der Waals surface area (Å²) in [6.45, 7) is 5.24. The average molecular weight is 236 g/mol. The predicted molar refractivity (Wildman–Crippen MR) is 69.3 cm³/mol. The topological polar surface area (TPSA) is 64.3 Å². The molecule has 94 valence electrons. The van der Waals surface area contributed by atoms with Gasteiger partial charge in [0, 0.05) is 12.1 Å². The van der Waals surface area contributed by atoms with Gasteiger partial charge in [-0.15, -0.1) is 0 Å². The molecule has 1 aromatic rings. The van der Waals surface area contributed by atoms with Crippen LogP contribution in [0.2, 0.25) is 0 Å². The molecule has 0 saturated heterocycles. The minimum atomic E-state index is -0.0896. The molecule has 17 heavy (non-hydrogen) atoms. The van der Waals surface area contributed by atoms with Crippen LogP contribution < -0.4 is 15.8 Å². The smallest absolute Gasteiger partial charge is 0.251 e. The number of nitrogens with two attached hydrogens (primary N) is 1. The molecule has 3 N–H and O–H groups in total. The Morgan fingerprint density at radius 2 is 2.18 bits per heavy atom. The van der Waals surface area contributed by atoms with Crippen LogP contribution in [0.3, 0.4) is 0 Å². The van der Waals surface area contributed by atoms with Gasteiger partial charge in [0.05, 0.1) is 12.3 Å². The van der Waals surface area contributed by atoms with E-state index in [1.807, 2.05) is 6.92 Å². The summed E-state index contributed by atoms with van der Waals surface area (Å²) in [4.78, 5) is 11.7. The molecule has 0 aliphatic carbocycles. The molecule has 1 amide bonds. The molecule has 0 atom stereocenters. The van der Waals surface area contributed by atoms with Crippen molar-refractivity contribution in [1.29, 1.82) is 0 Å².